The highest BCUT2D eigenvalue weighted by atomic mass is 16.5. The Morgan fingerprint density at radius 1 is 1.33 bits per heavy atom. The molecule has 0 bridgehead atoms. The molecule has 0 radical (unpaired) electrons. The molecule has 1 N–H and O–H groups in total. The minimum Gasteiger partial charge on any atom is -0.381 e. The smallest absolute Gasteiger partial charge is 0.0652 e. The first-order valence-corrected chi connectivity index (χ1v) is 4.93. The molecule has 0 aromatic carbocycles. The third-order valence-electron chi connectivity index (χ3n) is 3.48. The second kappa shape index (κ2) is 2.71. The van der Waals surface area contributed by atoms with Crippen molar-refractivity contribution >= 4 is 0 Å². The molecule has 2 aliphatic carbocycles. The number of ether oxygens (including phenoxy) is 1. The number of methoxy groups -OCH3 is 1. The second-order valence-electron chi connectivity index (χ2n) is 4.77. The number of nitrogens with one attached hydrogen (secondary N) is 1. The lowest BCUT2D eigenvalue weighted by Gasteiger charge is -2.51. The van der Waals surface area contributed by atoms with Gasteiger partial charge in [-0.25, -0.2) is 0 Å². The zero-order valence-electron chi connectivity index (χ0n) is 8.26. The van der Waals surface area contributed by atoms with E-state index in [2.05, 4.69) is 19.2 Å². The Labute approximate surface area is 74.7 Å². The molecule has 2 rings (SSSR count). The van der Waals surface area contributed by atoms with Crippen LogP contribution in [0.1, 0.15) is 33.1 Å². The lowest BCUT2D eigenvalue weighted by molar-refractivity contribution is -0.0978. The van der Waals surface area contributed by atoms with Crippen molar-refractivity contribution in [2.45, 2.75) is 51.3 Å². The standard InChI is InChI=1S/C10H19NO/c1-10(2)8(6-9(10)12-3)11-7-4-5-7/h7-9,11H,4-6H2,1-3H3. The monoisotopic (exact) mass is 169 g/mol. The van der Waals surface area contributed by atoms with Crippen LogP contribution >= 0.6 is 0 Å². The van der Waals surface area contributed by atoms with Crippen LogP contribution in [0.15, 0.2) is 0 Å². The summed E-state index contributed by atoms with van der Waals surface area (Å²) in [6, 6.07) is 1.52. The summed E-state index contributed by atoms with van der Waals surface area (Å²) in [4.78, 5) is 0. The third-order valence-corrected chi connectivity index (χ3v) is 3.48. The molecule has 2 saturated carbocycles. The van der Waals surface area contributed by atoms with Crippen LogP contribution in [-0.2, 0) is 4.74 Å². The van der Waals surface area contributed by atoms with Crippen molar-refractivity contribution in [1.29, 1.82) is 0 Å². The Bertz CT molecular complexity index is 175. The van der Waals surface area contributed by atoms with Gasteiger partial charge in [-0.05, 0) is 19.3 Å². The summed E-state index contributed by atoms with van der Waals surface area (Å²) < 4.78 is 5.39. The molecule has 2 fully saturated rings. The molecule has 0 aromatic heterocycles. The summed E-state index contributed by atoms with van der Waals surface area (Å²) >= 11 is 0. The van der Waals surface area contributed by atoms with E-state index in [1.165, 1.54) is 19.3 Å². The van der Waals surface area contributed by atoms with Gasteiger partial charge in [0.05, 0.1) is 6.10 Å². The van der Waals surface area contributed by atoms with Crippen molar-refractivity contribution in [1.82, 2.24) is 5.32 Å². The van der Waals surface area contributed by atoms with Gasteiger partial charge in [-0.15, -0.1) is 0 Å². The Hall–Kier alpha value is -0.0800. The summed E-state index contributed by atoms with van der Waals surface area (Å²) in [7, 11) is 1.82. The molecule has 70 valence electrons. The van der Waals surface area contributed by atoms with Crippen LogP contribution < -0.4 is 5.32 Å². The van der Waals surface area contributed by atoms with Crippen LogP contribution in [0.4, 0.5) is 0 Å². The predicted octanol–water partition coefficient (Wildman–Crippen LogP) is 1.55. The largest absolute Gasteiger partial charge is 0.381 e. The van der Waals surface area contributed by atoms with E-state index in [4.69, 9.17) is 4.74 Å². The molecule has 0 aliphatic heterocycles. The predicted molar refractivity (Wildman–Crippen MR) is 49.1 cm³/mol. The van der Waals surface area contributed by atoms with Crippen LogP contribution in [0, 0.1) is 5.41 Å². The molecule has 2 atom stereocenters. The van der Waals surface area contributed by atoms with Crippen molar-refractivity contribution < 1.29 is 4.74 Å². The van der Waals surface area contributed by atoms with Crippen LogP contribution in [0.2, 0.25) is 0 Å². The summed E-state index contributed by atoms with van der Waals surface area (Å²) in [6.07, 6.45) is 4.42. The van der Waals surface area contributed by atoms with E-state index < -0.39 is 0 Å². The van der Waals surface area contributed by atoms with Crippen LogP contribution in [-0.4, -0.2) is 25.3 Å². The van der Waals surface area contributed by atoms with Gasteiger partial charge in [-0.1, -0.05) is 13.8 Å². The Morgan fingerprint density at radius 2 is 2.00 bits per heavy atom. The third kappa shape index (κ3) is 1.27. The molecule has 0 spiro atoms. The van der Waals surface area contributed by atoms with E-state index in [1.807, 2.05) is 7.11 Å². The number of hydrogen-bond donors (Lipinski definition) is 1. The molecular formula is C10H19NO. The molecule has 0 amide bonds. The summed E-state index contributed by atoms with van der Waals surface area (Å²) in [6.45, 7) is 4.59. The molecule has 2 unspecified atom stereocenters. The van der Waals surface area contributed by atoms with E-state index in [-0.39, 0.29) is 0 Å². The van der Waals surface area contributed by atoms with Crippen LogP contribution in [0.5, 0.6) is 0 Å². The molecule has 2 nitrogen and oxygen atoms in total. The molecule has 0 aromatic rings. The van der Waals surface area contributed by atoms with Gasteiger partial charge in [0.1, 0.15) is 0 Å². The summed E-state index contributed by atoms with van der Waals surface area (Å²) in [5.74, 6) is 0. The van der Waals surface area contributed by atoms with Crippen molar-refractivity contribution in [3.05, 3.63) is 0 Å². The fourth-order valence-corrected chi connectivity index (χ4v) is 2.10. The lowest BCUT2D eigenvalue weighted by atomic mass is 9.64. The maximum absolute atomic E-state index is 5.39. The molecule has 2 heteroatoms. The topological polar surface area (TPSA) is 21.3 Å². The van der Waals surface area contributed by atoms with Gasteiger partial charge in [0.2, 0.25) is 0 Å². The quantitative estimate of drug-likeness (QED) is 0.692. The van der Waals surface area contributed by atoms with E-state index in [9.17, 15) is 0 Å². The van der Waals surface area contributed by atoms with Gasteiger partial charge in [0.25, 0.3) is 0 Å². The normalized spacial score (nSPS) is 39.2. The minimum absolute atomic E-state index is 0.345. The van der Waals surface area contributed by atoms with Crippen molar-refractivity contribution in [3.8, 4) is 0 Å². The Balaban J connectivity index is 1.85. The molecule has 0 saturated heterocycles. The van der Waals surface area contributed by atoms with Gasteiger partial charge < -0.3 is 10.1 Å². The minimum atomic E-state index is 0.345. The fraction of sp³-hybridized carbons (Fsp3) is 1.00. The van der Waals surface area contributed by atoms with Crippen molar-refractivity contribution in [2.75, 3.05) is 7.11 Å². The van der Waals surface area contributed by atoms with Crippen molar-refractivity contribution in [2.24, 2.45) is 5.41 Å². The highest BCUT2D eigenvalue weighted by Gasteiger charge is 2.49. The van der Waals surface area contributed by atoms with E-state index in [0.717, 1.165) is 6.04 Å². The van der Waals surface area contributed by atoms with Crippen molar-refractivity contribution in [3.63, 3.8) is 0 Å². The fourth-order valence-electron chi connectivity index (χ4n) is 2.10. The zero-order chi connectivity index (χ0) is 8.77. The average Bonchev–Trinajstić information content (AvgIpc) is 2.80. The second-order valence-corrected chi connectivity index (χ2v) is 4.77. The zero-order valence-corrected chi connectivity index (χ0v) is 8.26. The van der Waals surface area contributed by atoms with Crippen LogP contribution in [0.3, 0.4) is 0 Å². The van der Waals surface area contributed by atoms with E-state index in [0.29, 0.717) is 17.6 Å². The van der Waals surface area contributed by atoms with Gasteiger partial charge >= 0.3 is 0 Å². The van der Waals surface area contributed by atoms with Gasteiger partial charge in [0, 0.05) is 24.6 Å². The van der Waals surface area contributed by atoms with Gasteiger partial charge in [0.15, 0.2) is 0 Å². The SMILES string of the molecule is COC1CC(NC2CC2)C1(C)C. The molecular weight excluding hydrogens is 150 g/mol. The average molecular weight is 169 g/mol. The highest BCUT2D eigenvalue weighted by Crippen LogP contribution is 2.43. The van der Waals surface area contributed by atoms with Crippen LogP contribution in [0.25, 0.3) is 0 Å². The summed E-state index contributed by atoms with van der Waals surface area (Å²) in [5, 5.41) is 3.66. The molecule has 0 heterocycles. The molecule has 2 aliphatic rings. The van der Waals surface area contributed by atoms with E-state index >= 15 is 0 Å². The summed E-state index contributed by atoms with van der Waals surface area (Å²) in [5.41, 5.74) is 0.345. The highest BCUT2D eigenvalue weighted by molar-refractivity contribution is 5.04. The first-order chi connectivity index (χ1) is 5.64. The van der Waals surface area contributed by atoms with Gasteiger partial charge in [-0.2, -0.15) is 0 Å². The van der Waals surface area contributed by atoms with E-state index in [1.54, 1.807) is 0 Å². The lowest BCUT2D eigenvalue weighted by Crippen LogP contribution is -2.61. The number of rotatable bonds is 3. The maximum atomic E-state index is 5.39. The first kappa shape index (κ1) is 8.52. The Kier molecular flexibility index (Phi) is 1.92. The Morgan fingerprint density at radius 3 is 2.42 bits per heavy atom. The molecule has 12 heavy (non-hydrogen) atoms. The first-order valence-electron chi connectivity index (χ1n) is 4.93. The van der Waals surface area contributed by atoms with Gasteiger partial charge in [-0.3, -0.25) is 0 Å². The number of hydrogen-bond acceptors (Lipinski definition) is 2. The maximum Gasteiger partial charge on any atom is 0.0652 e.